The van der Waals surface area contributed by atoms with Crippen LogP contribution in [0.15, 0.2) is 0 Å². The summed E-state index contributed by atoms with van der Waals surface area (Å²) in [7, 11) is 1.50. The molecule has 0 radical (unpaired) electrons. The molecular weight excluding hydrogens is 402 g/mol. The summed E-state index contributed by atoms with van der Waals surface area (Å²) < 4.78 is 0. The van der Waals surface area contributed by atoms with Crippen LogP contribution in [0.3, 0.4) is 0 Å². The van der Waals surface area contributed by atoms with Gasteiger partial charge in [0.1, 0.15) is 6.29 Å². The average Bonchev–Trinajstić information content (AvgIpc) is 2.71. The normalized spacial score (nSPS) is 9.34. The van der Waals surface area contributed by atoms with Crippen molar-refractivity contribution in [2.24, 2.45) is 5.73 Å². The molecule has 0 rings (SSSR count). The lowest BCUT2D eigenvalue weighted by Gasteiger charge is -2.08. The zero-order valence-corrected chi connectivity index (χ0v) is 17.7. The summed E-state index contributed by atoms with van der Waals surface area (Å²) in [6.45, 7) is 0.957. The second kappa shape index (κ2) is 20.3. The summed E-state index contributed by atoms with van der Waals surface area (Å²) in [5, 5.41) is 9.40. The summed E-state index contributed by atoms with van der Waals surface area (Å²) in [4.78, 5) is 66.7. The van der Waals surface area contributed by atoms with Gasteiger partial charge in [0, 0.05) is 19.9 Å². The summed E-state index contributed by atoms with van der Waals surface area (Å²) in [5.41, 5.74) is 4.50. The van der Waals surface area contributed by atoms with Gasteiger partial charge in [-0.3, -0.25) is 24.0 Å². The monoisotopic (exact) mass is 433 g/mol. The van der Waals surface area contributed by atoms with E-state index in [1.807, 2.05) is 0 Å². The predicted molar refractivity (Wildman–Crippen MR) is 110 cm³/mol. The van der Waals surface area contributed by atoms with Crippen molar-refractivity contribution in [3.63, 3.8) is 0 Å². The molecule has 0 aliphatic carbocycles. The summed E-state index contributed by atoms with van der Waals surface area (Å²) in [5.74, 6) is -1.98. The first-order valence-corrected chi connectivity index (χ1v) is 10.0. The third-order valence-electron chi connectivity index (χ3n) is 3.07. The highest BCUT2D eigenvalue weighted by atomic mass is 32.2. The average molecular weight is 434 g/mol. The van der Waals surface area contributed by atoms with E-state index >= 15 is 0 Å². The van der Waals surface area contributed by atoms with E-state index in [1.165, 1.54) is 14.0 Å². The Morgan fingerprint density at radius 1 is 0.759 bits per heavy atom. The van der Waals surface area contributed by atoms with E-state index in [4.69, 9.17) is 0 Å². The number of carbonyl (C=O) groups is 6. The van der Waals surface area contributed by atoms with E-state index in [0.29, 0.717) is 13.0 Å². The van der Waals surface area contributed by atoms with Gasteiger partial charge in [0.2, 0.25) is 23.6 Å². The van der Waals surface area contributed by atoms with Gasteiger partial charge in [0.15, 0.2) is 5.12 Å². The molecule has 6 N–H and O–H groups in total. The van der Waals surface area contributed by atoms with Gasteiger partial charge >= 0.3 is 0 Å². The lowest BCUT2D eigenvalue weighted by molar-refractivity contribution is -0.128. The minimum absolute atomic E-state index is 0.0741. The molecule has 0 saturated heterocycles. The Labute approximate surface area is 174 Å². The number of aldehydes is 1. The lowest BCUT2D eigenvalue weighted by atomic mass is 10.2. The fourth-order valence-electron chi connectivity index (χ4n) is 1.70. The van der Waals surface area contributed by atoms with E-state index in [2.05, 4.69) is 27.0 Å². The maximum absolute atomic E-state index is 11.5. The number of unbranched alkanes of at least 4 members (excludes halogenated alkanes) is 3. The fourth-order valence-corrected chi connectivity index (χ4v) is 2.14. The number of carbonyl (C=O) groups excluding carboxylic acids is 6. The van der Waals surface area contributed by atoms with Gasteiger partial charge in [-0.05, 0) is 19.9 Å². The molecule has 0 atom stereocenters. The Kier molecular flexibility index (Phi) is 20.1. The van der Waals surface area contributed by atoms with Crippen molar-refractivity contribution in [3.8, 4) is 0 Å². The molecule has 0 aliphatic rings. The van der Waals surface area contributed by atoms with E-state index in [0.717, 1.165) is 37.3 Å². The third-order valence-corrected chi connectivity index (χ3v) is 3.88. The highest BCUT2D eigenvalue weighted by Crippen LogP contribution is 1.99. The van der Waals surface area contributed by atoms with Crippen LogP contribution in [0, 0.1) is 0 Å². The number of hydrogen-bond acceptors (Lipinski definition) is 8. The molecule has 0 aromatic carbocycles. The van der Waals surface area contributed by atoms with E-state index in [1.54, 1.807) is 0 Å². The van der Waals surface area contributed by atoms with Crippen LogP contribution in [0.5, 0.6) is 0 Å². The van der Waals surface area contributed by atoms with Crippen LogP contribution < -0.4 is 27.0 Å². The number of nitrogens with one attached hydrogen (secondary N) is 4. The van der Waals surface area contributed by atoms with Gasteiger partial charge in [-0.1, -0.05) is 18.2 Å². The third kappa shape index (κ3) is 21.7. The molecular formula is C17H31N5O6S. The zero-order valence-electron chi connectivity index (χ0n) is 16.9. The minimum Gasteiger partial charge on any atom is -0.355 e. The molecule has 166 valence electrons. The maximum Gasteiger partial charge on any atom is 0.239 e. The minimum atomic E-state index is -0.564. The predicted octanol–water partition coefficient (Wildman–Crippen LogP) is -1.93. The second-order valence-corrected chi connectivity index (χ2v) is 6.63. The molecule has 0 spiro atoms. The first-order valence-electron chi connectivity index (χ1n) is 9.06. The van der Waals surface area contributed by atoms with Crippen LogP contribution in [-0.4, -0.2) is 74.0 Å². The van der Waals surface area contributed by atoms with Gasteiger partial charge in [-0.2, -0.15) is 0 Å². The number of thioether (sulfide) groups is 1. The maximum atomic E-state index is 11.5. The van der Waals surface area contributed by atoms with Crippen LogP contribution in [0.25, 0.3) is 0 Å². The van der Waals surface area contributed by atoms with Crippen molar-refractivity contribution in [2.45, 2.75) is 32.6 Å². The van der Waals surface area contributed by atoms with Crippen molar-refractivity contribution in [2.75, 3.05) is 39.0 Å². The quantitative estimate of drug-likeness (QED) is 0.155. The van der Waals surface area contributed by atoms with Crippen molar-refractivity contribution < 1.29 is 28.8 Å². The molecule has 0 saturated carbocycles. The smallest absolute Gasteiger partial charge is 0.239 e. The van der Waals surface area contributed by atoms with Crippen LogP contribution in [0.4, 0.5) is 0 Å². The van der Waals surface area contributed by atoms with Crippen LogP contribution in [0.1, 0.15) is 32.6 Å². The Morgan fingerprint density at radius 2 is 1.24 bits per heavy atom. The largest absolute Gasteiger partial charge is 0.355 e. The lowest BCUT2D eigenvalue weighted by Crippen LogP contribution is -2.44. The van der Waals surface area contributed by atoms with Crippen molar-refractivity contribution in [3.05, 3.63) is 0 Å². The number of hydrogen-bond donors (Lipinski definition) is 5. The SMILES string of the molecule is CC(=O)SCC(=O)NCC(=O)NCC(=O)NCC(=O)NCCCCCC=O.CN. The molecule has 0 bridgehead atoms. The van der Waals surface area contributed by atoms with Gasteiger partial charge in [0.25, 0.3) is 0 Å². The Hall–Kier alpha value is -2.47. The van der Waals surface area contributed by atoms with Crippen LogP contribution in [-0.2, 0) is 28.8 Å². The topological polar surface area (TPSA) is 177 Å². The number of rotatable bonds is 14. The molecule has 0 aliphatic heterocycles. The van der Waals surface area contributed by atoms with E-state index < -0.39 is 17.7 Å². The van der Waals surface area contributed by atoms with Gasteiger partial charge < -0.3 is 31.8 Å². The first-order chi connectivity index (χ1) is 13.8. The molecule has 4 amide bonds. The van der Waals surface area contributed by atoms with Crippen LogP contribution in [0.2, 0.25) is 0 Å². The fraction of sp³-hybridized carbons (Fsp3) is 0.647. The molecule has 0 heterocycles. The number of amides is 4. The molecule has 29 heavy (non-hydrogen) atoms. The Balaban J connectivity index is 0. The molecule has 0 fully saturated rings. The standard InChI is InChI=1S/C16H26N4O6S.CH5N/c1-12(22)27-11-16(26)20-10-15(25)19-9-14(24)18-8-13(23)17-6-4-2-3-5-7-21;1-2/h7H,2-6,8-11H2,1H3,(H,17,23)(H,18,24)(H,19,25)(H,20,26);2H2,1H3. The van der Waals surface area contributed by atoms with Crippen LogP contribution >= 0.6 is 11.8 Å². The van der Waals surface area contributed by atoms with Crippen molar-refractivity contribution >= 4 is 46.8 Å². The molecule has 0 aromatic rings. The summed E-state index contributed by atoms with van der Waals surface area (Å²) >= 11 is 0.830. The second-order valence-electron chi connectivity index (χ2n) is 5.48. The zero-order chi connectivity index (χ0) is 22.5. The highest BCUT2D eigenvalue weighted by Gasteiger charge is 2.09. The molecule has 12 heteroatoms. The van der Waals surface area contributed by atoms with E-state index in [-0.39, 0.29) is 36.4 Å². The van der Waals surface area contributed by atoms with Crippen molar-refractivity contribution in [1.29, 1.82) is 0 Å². The molecule has 0 aromatic heterocycles. The molecule has 0 unspecified atom stereocenters. The van der Waals surface area contributed by atoms with Crippen molar-refractivity contribution in [1.82, 2.24) is 21.3 Å². The Bertz CT molecular complexity index is 544. The van der Waals surface area contributed by atoms with E-state index in [9.17, 15) is 28.8 Å². The Morgan fingerprint density at radius 3 is 1.72 bits per heavy atom. The highest BCUT2D eigenvalue weighted by molar-refractivity contribution is 8.14. The first kappa shape index (κ1) is 28.7. The number of nitrogens with two attached hydrogens (primary N) is 1. The van der Waals surface area contributed by atoms with Gasteiger partial charge in [-0.25, -0.2) is 0 Å². The van der Waals surface area contributed by atoms with Gasteiger partial charge in [-0.15, -0.1) is 0 Å². The summed E-state index contributed by atoms with van der Waals surface area (Å²) in [6.07, 6.45) is 3.73. The summed E-state index contributed by atoms with van der Waals surface area (Å²) in [6, 6.07) is 0. The van der Waals surface area contributed by atoms with Gasteiger partial charge in [0.05, 0.1) is 25.4 Å². The molecule has 11 nitrogen and oxygen atoms in total.